The fraction of sp³-hybridized carbons (Fsp3) is 0.440. The first-order valence-corrected chi connectivity index (χ1v) is 13.0. The van der Waals surface area contributed by atoms with E-state index in [-0.39, 0.29) is 33.1 Å². The second kappa shape index (κ2) is 8.12. The lowest BCUT2D eigenvalue weighted by Gasteiger charge is -2.34. The molecular weight excluding hydrogens is 503 g/mol. The minimum Gasteiger partial charge on any atom is -0.324 e. The number of fused-ring (bicyclic) bond motifs is 2. The molecule has 1 aliphatic carbocycles. The van der Waals surface area contributed by atoms with Crippen molar-refractivity contribution in [3.8, 4) is 5.13 Å². The summed E-state index contributed by atoms with van der Waals surface area (Å²) in [6.45, 7) is 5.75. The van der Waals surface area contributed by atoms with E-state index >= 15 is 0 Å². The highest BCUT2D eigenvalue weighted by molar-refractivity contribution is 7.12. The van der Waals surface area contributed by atoms with Gasteiger partial charge in [-0.25, -0.2) is 19.3 Å². The highest BCUT2D eigenvalue weighted by atomic mass is 32.1. The van der Waals surface area contributed by atoms with Gasteiger partial charge in [0.1, 0.15) is 11.9 Å². The van der Waals surface area contributed by atoms with E-state index < -0.39 is 18.3 Å². The molecule has 0 spiro atoms. The Hall–Kier alpha value is -3.25. The predicted molar refractivity (Wildman–Crippen MR) is 136 cm³/mol. The molecule has 0 radical (unpaired) electrons. The van der Waals surface area contributed by atoms with Gasteiger partial charge in [-0.1, -0.05) is 13.0 Å². The summed E-state index contributed by atoms with van der Waals surface area (Å²) in [5, 5.41) is 8.78. The van der Waals surface area contributed by atoms with Crippen LogP contribution in [0.3, 0.4) is 0 Å². The maximum Gasteiger partial charge on any atom is 0.408 e. The van der Waals surface area contributed by atoms with Crippen molar-refractivity contribution in [1.82, 2.24) is 29.6 Å². The van der Waals surface area contributed by atoms with Gasteiger partial charge in [-0.05, 0) is 62.9 Å². The van der Waals surface area contributed by atoms with Gasteiger partial charge in [0, 0.05) is 28.2 Å². The van der Waals surface area contributed by atoms with Gasteiger partial charge in [-0.15, -0.1) is 11.3 Å². The average molecular weight is 530 g/mol. The molecular formula is C25H26F3N7OS. The largest absolute Gasteiger partial charge is 0.408 e. The Morgan fingerprint density at radius 1 is 1.19 bits per heavy atom. The van der Waals surface area contributed by atoms with Crippen LogP contribution in [0.2, 0.25) is 0 Å². The van der Waals surface area contributed by atoms with Gasteiger partial charge in [0.05, 0.1) is 5.69 Å². The fourth-order valence-corrected chi connectivity index (χ4v) is 5.89. The molecule has 0 saturated heterocycles. The van der Waals surface area contributed by atoms with Crippen LogP contribution in [0.5, 0.6) is 0 Å². The van der Waals surface area contributed by atoms with Gasteiger partial charge >= 0.3 is 6.18 Å². The Balaban J connectivity index is 1.43. The van der Waals surface area contributed by atoms with Crippen LogP contribution < -0.4 is 16.2 Å². The van der Waals surface area contributed by atoms with E-state index in [1.165, 1.54) is 33.3 Å². The van der Waals surface area contributed by atoms with Crippen molar-refractivity contribution in [2.45, 2.75) is 63.7 Å². The number of halogens is 3. The Bertz CT molecular complexity index is 1580. The first-order chi connectivity index (χ1) is 17.4. The second-order valence-electron chi connectivity index (χ2n) is 10.6. The van der Waals surface area contributed by atoms with E-state index in [0.717, 1.165) is 37.2 Å². The molecule has 0 unspecified atom stereocenters. The third-order valence-corrected chi connectivity index (χ3v) is 8.11. The first kappa shape index (κ1) is 24.1. The van der Waals surface area contributed by atoms with Crippen LogP contribution >= 0.6 is 11.3 Å². The summed E-state index contributed by atoms with van der Waals surface area (Å²) in [4.78, 5) is 26.4. The first-order valence-electron chi connectivity index (χ1n) is 12.1. The van der Waals surface area contributed by atoms with E-state index in [1.54, 1.807) is 0 Å². The molecule has 4 aromatic rings. The summed E-state index contributed by atoms with van der Waals surface area (Å²) < 4.78 is 42.2. The molecule has 0 amide bonds. The van der Waals surface area contributed by atoms with Gasteiger partial charge in [0.2, 0.25) is 11.1 Å². The van der Waals surface area contributed by atoms with Crippen LogP contribution in [0.15, 0.2) is 34.6 Å². The van der Waals surface area contributed by atoms with E-state index in [0.29, 0.717) is 4.68 Å². The Morgan fingerprint density at radius 3 is 2.70 bits per heavy atom. The van der Waals surface area contributed by atoms with Gasteiger partial charge < -0.3 is 10.6 Å². The van der Waals surface area contributed by atoms with Crippen molar-refractivity contribution in [2.75, 3.05) is 11.9 Å². The average Bonchev–Trinajstić information content (AvgIpc) is 3.27. The van der Waals surface area contributed by atoms with Crippen molar-refractivity contribution in [2.24, 2.45) is 0 Å². The van der Waals surface area contributed by atoms with Crippen LogP contribution in [0.4, 0.5) is 24.8 Å². The summed E-state index contributed by atoms with van der Waals surface area (Å²) in [5.74, 6) is 0.185. The summed E-state index contributed by atoms with van der Waals surface area (Å²) in [7, 11) is 0. The van der Waals surface area contributed by atoms with Crippen LogP contribution in [-0.4, -0.2) is 37.0 Å². The summed E-state index contributed by atoms with van der Waals surface area (Å²) in [5.41, 5.74) is 3.06. The molecule has 1 fully saturated rings. The number of hydrogen-bond donors (Lipinski definition) is 2. The number of nitrogens with zero attached hydrogens (tertiary/aromatic N) is 5. The third kappa shape index (κ3) is 4.31. The minimum absolute atomic E-state index is 0.00227. The number of hydrogen-bond acceptors (Lipinski definition) is 7. The molecule has 194 valence electrons. The monoisotopic (exact) mass is 529 g/mol. The number of benzene rings is 1. The number of nitrogens with one attached hydrogen (secondary N) is 2. The molecule has 3 aromatic heterocycles. The Kier molecular flexibility index (Phi) is 5.29. The van der Waals surface area contributed by atoms with Gasteiger partial charge in [-0.2, -0.15) is 18.2 Å². The fourth-order valence-electron chi connectivity index (χ4n) is 4.90. The molecule has 2 aliphatic rings. The maximum atomic E-state index is 13.5. The molecule has 12 heteroatoms. The van der Waals surface area contributed by atoms with Gasteiger partial charge in [0.15, 0.2) is 5.65 Å². The van der Waals surface area contributed by atoms with E-state index in [1.807, 2.05) is 23.6 Å². The number of thiazole rings is 1. The lowest BCUT2D eigenvalue weighted by atomic mass is 9.85. The molecule has 2 N–H and O–H groups in total. The van der Waals surface area contributed by atoms with Gasteiger partial charge in [0.25, 0.3) is 5.56 Å². The van der Waals surface area contributed by atoms with E-state index in [4.69, 9.17) is 0 Å². The topological polar surface area (TPSA) is 89.7 Å². The molecule has 0 atom stereocenters. The SMILES string of the molecule is CC1(c2csc(-n3c4nc(Nc5ccc6c(c5)CCNC6(C)C)ncc4c(=O)n3CC(F)(F)F)n2)CC1. The molecule has 1 saturated carbocycles. The second-order valence-corrected chi connectivity index (χ2v) is 11.4. The molecule has 4 heterocycles. The Morgan fingerprint density at radius 2 is 1.97 bits per heavy atom. The summed E-state index contributed by atoms with van der Waals surface area (Å²) in [6.07, 6.45) is -0.499. The van der Waals surface area contributed by atoms with Crippen molar-refractivity contribution < 1.29 is 13.2 Å². The predicted octanol–water partition coefficient (Wildman–Crippen LogP) is 4.78. The molecule has 37 heavy (non-hydrogen) atoms. The molecule has 1 aromatic carbocycles. The number of alkyl halides is 3. The van der Waals surface area contributed by atoms with Crippen LogP contribution in [-0.2, 0) is 23.9 Å². The maximum absolute atomic E-state index is 13.5. The molecule has 8 nitrogen and oxygen atoms in total. The van der Waals surface area contributed by atoms with Crippen molar-refractivity contribution in [3.63, 3.8) is 0 Å². The number of rotatable bonds is 5. The van der Waals surface area contributed by atoms with E-state index in [2.05, 4.69) is 46.4 Å². The zero-order valence-corrected chi connectivity index (χ0v) is 21.4. The van der Waals surface area contributed by atoms with Crippen molar-refractivity contribution in [3.05, 3.63) is 57.0 Å². The normalized spacial score (nSPS) is 18.1. The van der Waals surface area contributed by atoms with Crippen molar-refractivity contribution in [1.29, 1.82) is 0 Å². The molecule has 0 bridgehead atoms. The minimum atomic E-state index is -4.60. The molecule has 1 aliphatic heterocycles. The number of anilines is 2. The highest BCUT2D eigenvalue weighted by Crippen LogP contribution is 2.47. The zero-order chi connectivity index (χ0) is 26.2. The van der Waals surface area contributed by atoms with Crippen LogP contribution in [0.25, 0.3) is 16.2 Å². The quantitative estimate of drug-likeness (QED) is 0.387. The lowest BCUT2D eigenvalue weighted by Crippen LogP contribution is -2.42. The van der Waals surface area contributed by atoms with Crippen LogP contribution in [0.1, 0.15) is 50.4 Å². The summed E-state index contributed by atoms with van der Waals surface area (Å²) >= 11 is 1.20. The van der Waals surface area contributed by atoms with Crippen LogP contribution in [0, 0.1) is 0 Å². The standard InChI is InChI=1S/C25H26F3N7OS/c1-23(2)17-5-4-15(10-14(17)6-9-30-23)31-21-29-11-16-19(33-21)35(34(20(16)36)13-25(26,27)28)22-32-18(12-37-22)24(3)7-8-24/h4-5,10-12,30H,6-9,13H2,1-3H3,(H,29,31,33). The van der Waals surface area contributed by atoms with Gasteiger partial charge in [-0.3, -0.25) is 4.79 Å². The van der Waals surface area contributed by atoms with Crippen molar-refractivity contribution >= 4 is 34.0 Å². The summed E-state index contributed by atoms with van der Waals surface area (Å²) in [6, 6.07) is 6.01. The van der Waals surface area contributed by atoms with E-state index in [9.17, 15) is 18.0 Å². The zero-order valence-electron chi connectivity index (χ0n) is 20.6. The Labute approximate surface area is 214 Å². The third-order valence-electron chi connectivity index (χ3n) is 7.29. The smallest absolute Gasteiger partial charge is 0.324 e. The molecule has 6 rings (SSSR count). The number of aromatic nitrogens is 5. The highest BCUT2D eigenvalue weighted by Gasteiger charge is 2.41. The lowest BCUT2D eigenvalue weighted by molar-refractivity contribution is -0.144.